The number of hydrogen-bond donors (Lipinski definition) is 1. The fourth-order valence-electron chi connectivity index (χ4n) is 4.02. The summed E-state index contributed by atoms with van der Waals surface area (Å²) in [6, 6.07) is 2.89. The molecule has 4 rings (SSSR count). The number of rotatable bonds is 10. The van der Waals surface area contributed by atoms with Crippen LogP contribution in [-0.2, 0) is 22.7 Å². The van der Waals surface area contributed by atoms with Crippen molar-refractivity contribution in [2.24, 2.45) is 0 Å². The van der Waals surface area contributed by atoms with Gasteiger partial charge in [0.25, 0.3) is 0 Å². The Labute approximate surface area is 229 Å². The molecule has 0 radical (unpaired) electrons. The van der Waals surface area contributed by atoms with Crippen molar-refractivity contribution in [3.05, 3.63) is 24.7 Å². The van der Waals surface area contributed by atoms with E-state index in [4.69, 9.17) is 19.2 Å². The van der Waals surface area contributed by atoms with Crippen molar-refractivity contribution in [3.63, 3.8) is 0 Å². The maximum absolute atomic E-state index is 15.0. The SMILES string of the molecule is CCn1cc(Nc2nc(O[C@@H]3CN(C(=O)OC(C)(C)C)C[C@H]3F)c3ccn(COCC[Si](C)(C)C)c3n2)cn1. The predicted molar refractivity (Wildman–Crippen MR) is 150 cm³/mol. The smallest absolute Gasteiger partial charge is 0.410 e. The third-order valence-electron chi connectivity index (χ3n) is 6.14. The van der Waals surface area contributed by atoms with Gasteiger partial charge in [0.1, 0.15) is 12.3 Å². The lowest BCUT2D eigenvalue weighted by Gasteiger charge is -2.24. The average Bonchev–Trinajstić information content (AvgIpc) is 3.54. The fourth-order valence-corrected chi connectivity index (χ4v) is 4.78. The summed E-state index contributed by atoms with van der Waals surface area (Å²) < 4.78 is 36.2. The minimum absolute atomic E-state index is 0.0497. The molecular formula is C26H40FN7O4Si. The number of halogens is 1. The summed E-state index contributed by atoms with van der Waals surface area (Å²) in [6.07, 6.45) is 2.52. The van der Waals surface area contributed by atoms with E-state index in [0.717, 1.165) is 12.6 Å². The van der Waals surface area contributed by atoms with E-state index in [2.05, 4.69) is 35.0 Å². The van der Waals surface area contributed by atoms with Crippen LogP contribution in [0.5, 0.6) is 5.88 Å². The van der Waals surface area contributed by atoms with Gasteiger partial charge in [-0.3, -0.25) is 4.68 Å². The van der Waals surface area contributed by atoms with Crippen LogP contribution in [0.25, 0.3) is 11.0 Å². The first kappa shape index (κ1) is 28.8. The molecule has 1 aliphatic rings. The number of alkyl halides is 1. The van der Waals surface area contributed by atoms with E-state index < -0.39 is 32.0 Å². The Kier molecular flexibility index (Phi) is 8.50. The van der Waals surface area contributed by atoms with E-state index in [-0.39, 0.29) is 24.9 Å². The van der Waals surface area contributed by atoms with Crippen molar-refractivity contribution >= 4 is 36.8 Å². The van der Waals surface area contributed by atoms with Gasteiger partial charge in [-0.2, -0.15) is 15.1 Å². The van der Waals surface area contributed by atoms with Crippen molar-refractivity contribution in [2.45, 2.75) is 84.5 Å². The Morgan fingerprint density at radius 2 is 2.00 bits per heavy atom. The van der Waals surface area contributed by atoms with Crippen LogP contribution in [-0.4, -0.2) is 81.0 Å². The molecule has 1 aliphatic heterocycles. The number of amides is 1. The largest absolute Gasteiger partial charge is 0.469 e. The minimum atomic E-state index is -1.39. The number of aryl methyl sites for hydroxylation is 1. The molecule has 0 spiro atoms. The summed E-state index contributed by atoms with van der Waals surface area (Å²) in [7, 11) is -1.22. The first-order valence-corrected chi connectivity index (χ1v) is 17.0. The van der Waals surface area contributed by atoms with Crippen LogP contribution in [0, 0.1) is 0 Å². The summed E-state index contributed by atoms with van der Waals surface area (Å²) in [5.41, 5.74) is 0.634. The van der Waals surface area contributed by atoms with Crippen LogP contribution >= 0.6 is 0 Å². The molecule has 0 aliphatic carbocycles. The normalized spacial score (nSPS) is 18.1. The number of anilines is 2. The van der Waals surface area contributed by atoms with E-state index in [0.29, 0.717) is 30.1 Å². The highest BCUT2D eigenvalue weighted by Gasteiger charge is 2.39. The quantitative estimate of drug-likeness (QED) is 0.271. The van der Waals surface area contributed by atoms with Crippen LogP contribution in [0.3, 0.4) is 0 Å². The molecule has 13 heteroatoms. The molecule has 39 heavy (non-hydrogen) atoms. The highest BCUT2D eigenvalue weighted by atomic mass is 28.3. The number of nitrogens with one attached hydrogen (secondary N) is 1. The summed E-state index contributed by atoms with van der Waals surface area (Å²) in [5, 5.41) is 8.08. The first-order chi connectivity index (χ1) is 18.3. The molecule has 4 heterocycles. The van der Waals surface area contributed by atoms with E-state index in [1.807, 2.05) is 30.0 Å². The van der Waals surface area contributed by atoms with E-state index in [1.165, 1.54) is 4.90 Å². The van der Waals surface area contributed by atoms with Crippen molar-refractivity contribution in [2.75, 3.05) is 25.0 Å². The molecular weight excluding hydrogens is 521 g/mol. The second kappa shape index (κ2) is 11.5. The Morgan fingerprint density at radius 1 is 1.23 bits per heavy atom. The molecule has 214 valence electrons. The van der Waals surface area contributed by atoms with Crippen LogP contribution < -0.4 is 10.1 Å². The molecule has 0 bridgehead atoms. The minimum Gasteiger partial charge on any atom is -0.469 e. The molecule has 2 atom stereocenters. The average molecular weight is 562 g/mol. The highest BCUT2D eigenvalue weighted by molar-refractivity contribution is 6.76. The molecule has 1 N–H and O–H groups in total. The van der Waals surface area contributed by atoms with Gasteiger partial charge < -0.3 is 29.0 Å². The Bertz CT molecular complexity index is 1280. The van der Waals surface area contributed by atoms with Gasteiger partial charge in [0, 0.05) is 33.6 Å². The first-order valence-electron chi connectivity index (χ1n) is 13.3. The molecule has 11 nitrogen and oxygen atoms in total. The topological polar surface area (TPSA) is 109 Å². The van der Waals surface area contributed by atoms with Gasteiger partial charge in [0.15, 0.2) is 17.9 Å². The molecule has 0 saturated carbocycles. The van der Waals surface area contributed by atoms with Gasteiger partial charge in [-0.25, -0.2) is 9.18 Å². The maximum Gasteiger partial charge on any atom is 0.410 e. The zero-order chi connectivity index (χ0) is 28.4. The summed E-state index contributed by atoms with van der Waals surface area (Å²) in [6.45, 7) is 15.9. The van der Waals surface area contributed by atoms with Crippen molar-refractivity contribution < 1.29 is 23.4 Å². The van der Waals surface area contributed by atoms with Crippen molar-refractivity contribution in [3.8, 4) is 5.88 Å². The number of nitrogens with zero attached hydrogens (tertiary/aromatic N) is 6. The lowest BCUT2D eigenvalue weighted by molar-refractivity contribution is 0.0273. The lowest BCUT2D eigenvalue weighted by atomic mass is 10.2. The van der Waals surface area contributed by atoms with Crippen LogP contribution in [0.4, 0.5) is 20.8 Å². The number of likely N-dealkylation sites (tertiary alicyclic amines) is 1. The van der Waals surface area contributed by atoms with Crippen LogP contribution in [0.1, 0.15) is 27.7 Å². The van der Waals surface area contributed by atoms with Crippen LogP contribution in [0.15, 0.2) is 24.7 Å². The summed E-state index contributed by atoms with van der Waals surface area (Å²) >= 11 is 0. The van der Waals surface area contributed by atoms with E-state index >= 15 is 4.39 Å². The molecule has 0 unspecified atom stereocenters. The second-order valence-electron chi connectivity index (χ2n) is 12.0. The number of carbonyl (C=O) groups is 1. The maximum atomic E-state index is 15.0. The number of aromatic nitrogens is 5. The zero-order valence-corrected chi connectivity index (χ0v) is 24.9. The predicted octanol–water partition coefficient (Wildman–Crippen LogP) is 5.04. The molecule has 1 amide bonds. The highest BCUT2D eigenvalue weighted by Crippen LogP contribution is 2.30. The third kappa shape index (κ3) is 7.69. The van der Waals surface area contributed by atoms with E-state index in [1.54, 1.807) is 31.6 Å². The van der Waals surface area contributed by atoms with Crippen LogP contribution in [0.2, 0.25) is 25.7 Å². The van der Waals surface area contributed by atoms with E-state index in [9.17, 15) is 4.79 Å². The summed E-state index contributed by atoms with van der Waals surface area (Å²) in [4.78, 5) is 23.1. The van der Waals surface area contributed by atoms with Crippen molar-refractivity contribution in [1.82, 2.24) is 29.2 Å². The van der Waals surface area contributed by atoms with Gasteiger partial charge in [-0.05, 0) is 39.8 Å². The lowest BCUT2D eigenvalue weighted by Crippen LogP contribution is -2.36. The molecule has 3 aromatic heterocycles. The number of hydrogen-bond acceptors (Lipinski definition) is 8. The van der Waals surface area contributed by atoms with Gasteiger partial charge in [0.2, 0.25) is 11.8 Å². The number of fused-ring (bicyclic) bond motifs is 1. The number of carbonyl (C=O) groups excluding carboxylic acids is 1. The molecule has 0 aromatic carbocycles. The Hall–Kier alpha value is -3.19. The Morgan fingerprint density at radius 3 is 2.67 bits per heavy atom. The van der Waals surface area contributed by atoms with Gasteiger partial charge >= 0.3 is 6.09 Å². The second-order valence-corrected chi connectivity index (χ2v) is 17.6. The number of ether oxygens (including phenoxy) is 3. The molecule has 1 fully saturated rings. The molecule has 3 aromatic rings. The summed E-state index contributed by atoms with van der Waals surface area (Å²) in [5.74, 6) is 0.512. The van der Waals surface area contributed by atoms with Gasteiger partial charge in [-0.1, -0.05) is 19.6 Å². The van der Waals surface area contributed by atoms with Crippen molar-refractivity contribution in [1.29, 1.82) is 0 Å². The molecule has 1 saturated heterocycles. The standard InChI is InChI=1S/C26H40FN7O4Si/c1-8-34-14-18(13-28-34)29-24-30-22-19(9-10-32(22)17-36-11-12-39(5,6)7)23(31-24)37-21-16-33(15-20(21)27)25(35)38-26(2,3)4/h9-10,13-14,20-21H,8,11-12,15-17H2,1-7H3,(H,29,30,31)/t20-,21-/m1/s1. The zero-order valence-electron chi connectivity index (χ0n) is 23.9. The third-order valence-corrected chi connectivity index (χ3v) is 7.84. The fraction of sp³-hybridized carbons (Fsp3) is 0.615. The monoisotopic (exact) mass is 561 g/mol. The van der Waals surface area contributed by atoms with Gasteiger partial charge in [-0.15, -0.1) is 0 Å². The van der Waals surface area contributed by atoms with Gasteiger partial charge in [0.05, 0.1) is 30.4 Å². The Balaban J connectivity index is 1.57.